The van der Waals surface area contributed by atoms with E-state index in [1.807, 2.05) is 24.0 Å². The second-order valence-electron chi connectivity index (χ2n) is 7.19. The highest BCUT2D eigenvalue weighted by Gasteiger charge is 2.38. The Morgan fingerprint density at radius 3 is 2.88 bits per heavy atom. The van der Waals surface area contributed by atoms with E-state index in [0.717, 1.165) is 49.0 Å². The summed E-state index contributed by atoms with van der Waals surface area (Å²) in [4.78, 5) is 38.5. The Hall–Kier alpha value is -2.41. The van der Waals surface area contributed by atoms with E-state index < -0.39 is 11.8 Å². The molecule has 1 aromatic carbocycles. The van der Waals surface area contributed by atoms with Crippen molar-refractivity contribution in [2.24, 2.45) is 0 Å². The zero-order valence-electron chi connectivity index (χ0n) is 14.8. The van der Waals surface area contributed by atoms with Gasteiger partial charge in [-0.15, -0.1) is 0 Å². The molecule has 4 rings (SSSR count). The molecule has 26 heavy (non-hydrogen) atoms. The molecule has 0 aromatic heterocycles. The fourth-order valence-electron chi connectivity index (χ4n) is 4.05. The molecule has 3 aliphatic rings. The highest BCUT2D eigenvalue weighted by molar-refractivity contribution is 6.39. The summed E-state index contributed by atoms with van der Waals surface area (Å²) in [5, 5.41) is 5.30. The van der Waals surface area contributed by atoms with Crippen LogP contribution >= 0.6 is 0 Å². The summed E-state index contributed by atoms with van der Waals surface area (Å²) >= 11 is 0. The molecule has 7 heteroatoms. The normalized spacial score (nSPS) is 23.7. The van der Waals surface area contributed by atoms with E-state index >= 15 is 0 Å². The Kier molecular flexibility index (Phi) is 4.40. The number of anilines is 2. The lowest BCUT2D eigenvalue weighted by molar-refractivity contribution is -0.136. The number of nitrogens with zero attached hydrogens (tertiary/aromatic N) is 1. The van der Waals surface area contributed by atoms with Crippen LogP contribution in [0.15, 0.2) is 12.1 Å². The lowest BCUT2D eigenvalue weighted by atomic mass is 9.96. The van der Waals surface area contributed by atoms with Crippen LogP contribution in [0.3, 0.4) is 0 Å². The van der Waals surface area contributed by atoms with Crippen molar-refractivity contribution in [3.63, 3.8) is 0 Å². The standard InChI is InChI=1S/C19H23N3O4/c1-11-15-9-13(8-12-4-2-6-22(16(12)15)19(11)25)21-18(24)17(23)20-10-14-5-3-7-26-14/h8-9,11,14H,2-7,10H2,1H3,(H,20,23)(H,21,24). The minimum absolute atomic E-state index is 0.00551. The fourth-order valence-corrected chi connectivity index (χ4v) is 4.05. The summed E-state index contributed by atoms with van der Waals surface area (Å²) in [6.45, 7) is 3.69. The van der Waals surface area contributed by atoms with E-state index in [-0.39, 0.29) is 17.9 Å². The van der Waals surface area contributed by atoms with Gasteiger partial charge in [-0.1, -0.05) is 0 Å². The number of carbonyl (C=O) groups is 3. The van der Waals surface area contributed by atoms with Crippen molar-refractivity contribution in [3.05, 3.63) is 23.3 Å². The summed E-state index contributed by atoms with van der Waals surface area (Å²) in [7, 11) is 0. The third-order valence-electron chi connectivity index (χ3n) is 5.40. The van der Waals surface area contributed by atoms with Crippen molar-refractivity contribution in [3.8, 4) is 0 Å². The smallest absolute Gasteiger partial charge is 0.313 e. The Morgan fingerprint density at radius 2 is 2.12 bits per heavy atom. The van der Waals surface area contributed by atoms with Gasteiger partial charge in [-0.2, -0.15) is 0 Å². The van der Waals surface area contributed by atoms with Crippen molar-refractivity contribution < 1.29 is 19.1 Å². The van der Waals surface area contributed by atoms with Crippen molar-refractivity contribution in [2.45, 2.75) is 44.6 Å². The average molecular weight is 357 g/mol. The van der Waals surface area contributed by atoms with Crippen LogP contribution in [0.5, 0.6) is 0 Å². The number of rotatable bonds is 3. The molecule has 0 spiro atoms. The molecule has 1 aromatic rings. The van der Waals surface area contributed by atoms with Gasteiger partial charge >= 0.3 is 11.8 Å². The molecule has 3 aliphatic heterocycles. The molecular formula is C19H23N3O4. The number of benzene rings is 1. The van der Waals surface area contributed by atoms with Gasteiger partial charge in [-0.3, -0.25) is 14.4 Å². The summed E-state index contributed by atoms with van der Waals surface area (Å²) < 4.78 is 5.44. The molecule has 1 saturated heterocycles. The fraction of sp³-hybridized carbons (Fsp3) is 0.526. The lowest BCUT2D eigenvalue weighted by Crippen LogP contribution is -2.39. The molecule has 2 unspecified atom stereocenters. The second-order valence-corrected chi connectivity index (χ2v) is 7.19. The Bertz CT molecular complexity index is 770. The van der Waals surface area contributed by atoms with E-state index in [1.54, 1.807) is 0 Å². The van der Waals surface area contributed by atoms with Crippen molar-refractivity contribution in [1.82, 2.24) is 5.32 Å². The number of hydrogen-bond donors (Lipinski definition) is 2. The summed E-state index contributed by atoms with van der Waals surface area (Å²) in [6, 6.07) is 3.69. The van der Waals surface area contributed by atoms with E-state index in [1.165, 1.54) is 0 Å². The van der Waals surface area contributed by atoms with Gasteiger partial charge in [0.15, 0.2) is 0 Å². The van der Waals surface area contributed by atoms with Gasteiger partial charge < -0.3 is 20.3 Å². The van der Waals surface area contributed by atoms with Crippen LogP contribution in [0.2, 0.25) is 0 Å². The zero-order valence-corrected chi connectivity index (χ0v) is 14.8. The quantitative estimate of drug-likeness (QED) is 0.799. The Labute approximate surface area is 152 Å². The molecule has 3 heterocycles. The third-order valence-corrected chi connectivity index (χ3v) is 5.40. The Balaban J connectivity index is 1.46. The molecule has 0 bridgehead atoms. The monoisotopic (exact) mass is 357 g/mol. The van der Waals surface area contributed by atoms with Crippen molar-refractivity contribution in [1.29, 1.82) is 0 Å². The van der Waals surface area contributed by atoms with Gasteiger partial charge in [0.25, 0.3) is 0 Å². The van der Waals surface area contributed by atoms with E-state index in [2.05, 4.69) is 10.6 Å². The predicted molar refractivity (Wildman–Crippen MR) is 96.1 cm³/mol. The van der Waals surface area contributed by atoms with Crippen LogP contribution in [-0.2, 0) is 25.5 Å². The molecule has 1 fully saturated rings. The number of nitrogens with one attached hydrogen (secondary N) is 2. The summed E-state index contributed by atoms with van der Waals surface area (Å²) in [5.41, 5.74) is 3.55. The third kappa shape index (κ3) is 2.96. The highest BCUT2D eigenvalue weighted by atomic mass is 16.5. The van der Waals surface area contributed by atoms with Gasteiger partial charge in [0.1, 0.15) is 0 Å². The van der Waals surface area contributed by atoms with Crippen LogP contribution in [-0.4, -0.2) is 43.5 Å². The van der Waals surface area contributed by atoms with Crippen molar-refractivity contribution in [2.75, 3.05) is 29.9 Å². The minimum atomic E-state index is -0.695. The zero-order chi connectivity index (χ0) is 18.3. The number of carbonyl (C=O) groups excluding carboxylic acids is 3. The van der Waals surface area contributed by atoms with Crippen molar-refractivity contribution >= 4 is 29.1 Å². The maximum Gasteiger partial charge on any atom is 0.313 e. The van der Waals surface area contributed by atoms with Gasteiger partial charge in [0, 0.05) is 25.4 Å². The highest BCUT2D eigenvalue weighted by Crippen LogP contribution is 2.44. The van der Waals surface area contributed by atoms with Gasteiger partial charge in [-0.05, 0) is 55.9 Å². The molecule has 2 atom stereocenters. The molecule has 7 nitrogen and oxygen atoms in total. The van der Waals surface area contributed by atoms with E-state index in [4.69, 9.17) is 4.74 Å². The van der Waals surface area contributed by atoms with Crippen LogP contribution in [0.1, 0.15) is 43.2 Å². The van der Waals surface area contributed by atoms with Gasteiger partial charge in [-0.25, -0.2) is 0 Å². The van der Waals surface area contributed by atoms with Crippen LogP contribution < -0.4 is 15.5 Å². The summed E-state index contributed by atoms with van der Waals surface area (Å²) in [6.07, 6.45) is 3.66. The SMILES string of the molecule is CC1C(=O)N2CCCc3cc(NC(=O)C(=O)NCC4CCCO4)cc1c32. The number of hydrogen-bond acceptors (Lipinski definition) is 4. The number of aryl methyl sites for hydroxylation is 1. The first-order valence-corrected chi connectivity index (χ1v) is 9.23. The molecule has 3 amide bonds. The first kappa shape index (κ1) is 17.0. The Morgan fingerprint density at radius 1 is 1.27 bits per heavy atom. The molecule has 0 radical (unpaired) electrons. The molecule has 0 aliphatic carbocycles. The predicted octanol–water partition coefficient (Wildman–Crippen LogP) is 1.32. The maximum absolute atomic E-state index is 12.4. The van der Waals surface area contributed by atoms with E-state index in [9.17, 15) is 14.4 Å². The van der Waals surface area contributed by atoms with Crippen LogP contribution in [0.4, 0.5) is 11.4 Å². The molecular weight excluding hydrogens is 334 g/mol. The average Bonchev–Trinajstić information content (AvgIpc) is 3.24. The number of amides is 3. The number of ether oxygens (including phenoxy) is 1. The molecule has 2 N–H and O–H groups in total. The summed E-state index contributed by atoms with van der Waals surface area (Å²) in [5.74, 6) is -1.47. The molecule has 0 saturated carbocycles. The topological polar surface area (TPSA) is 87.7 Å². The minimum Gasteiger partial charge on any atom is -0.376 e. The molecule has 138 valence electrons. The maximum atomic E-state index is 12.4. The largest absolute Gasteiger partial charge is 0.376 e. The second kappa shape index (κ2) is 6.72. The first-order valence-electron chi connectivity index (χ1n) is 9.23. The first-order chi connectivity index (χ1) is 12.5. The van der Waals surface area contributed by atoms with E-state index in [0.29, 0.717) is 18.8 Å². The van der Waals surface area contributed by atoms with Crippen LogP contribution in [0.25, 0.3) is 0 Å². The van der Waals surface area contributed by atoms with Crippen LogP contribution in [0, 0.1) is 0 Å². The van der Waals surface area contributed by atoms with Gasteiger partial charge in [0.2, 0.25) is 5.91 Å². The van der Waals surface area contributed by atoms with Gasteiger partial charge in [0.05, 0.1) is 17.7 Å². The lowest BCUT2D eigenvalue weighted by Gasteiger charge is -2.26.